The van der Waals surface area contributed by atoms with Crippen molar-refractivity contribution in [2.75, 3.05) is 0 Å². The lowest BCUT2D eigenvalue weighted by Gasteiger charge is -2.21. The van der Waals surface area contributed by atoms with E-state index in [0.29, 0.717) is 17.8 Å². The highest BCUT2D eigenvalue weighted by Crippen LogP contribution is 2.19. The van der Waals surface area contributed by atoms with Gasteiger partial charge in [-0.3, -0.25) is 0 Å². The average molecular weight is 158 g/mol. The van der Waals surface area contributed by atoms with E-state index in [0.717, 1.165) is 6.42 Å². The molecule has 0 fully saturated rings. The molecule has 0 saturated heterocycles. The lowest BCUT2D eigenvalue weighted by Crippen LogP contribution is -2.20. The van der Waals surface area contributed by atoms with Crippen molar-refractivity contribution >= 4 is 0 Å². The highest BCUT2D eigenvalue weighted by molar-refractivity contribution is 4.66. The minimum atomic E-state index is -0.118. The van der Waals surface area contributed by atoms with Gasteiger partial charge in [0.1, 0.15) is 0 Å². The Morgan fingerprint density at radius 2 is 1.36 bits per heavy atom. The minimum absolute atomic E-state index is 0.118. The van der Waals surface area contributed by atoms with Crippen LogP contribution in [0.25, 0.3) is 0 Å². The SMILES string of the molecule is CC(C)[C@@H](C)C[C@H](O)C(C)C. The van der Waals surface area contributed by atoms with Crippen LogP contribution in [0.5, 0.6) is 0 Å². The number of aliphatic hydroxyl groups excluding tert-OH is 1. The van der Waals surface area contributed by atoms with E-state index in [2.05, 4.69) is 34.6 Å². The minimum Gasteiger partial charge on any atom is -0.393 e. The molecule has 11 heavy (non-hydrogen) atoms. The van der Waals surface area contributed by atoms with E-state index in [1.165, 1.54) is 0 Å². The molecular weight excluding hydrogens is 136 g/mol. The molecule has 0 aliphatic heterocycles. The second-order valence-corrected chi connectivity index (χ2v) is 4.27. The number of hydrogen-bond acceptors (Lipinski definition) is 1. The zero-order valence-electron chi connectivity index (χ0n) is 8.46. The molecule has 0 radical (unpaired) electrons. The third-order valence-electron chi connectivity index (χ3n) is 2.52. The Kier molecular flexibility index (Phi) is 4.74. The molecule has 0 saturated carbocycles. The molecule has 0 spiro atoms. The summed E-state index contributed by atoms with van der Waals surface area (Å²) in [6, 6.07) is 0. The van der Waals surface area contributed by atoms with Gasteiger partial charge in [-0.25, -0.2) is 0 Å². The summed E-state index contributed by atoms with van der Waals surface area (Å²) in [6.07, 6.45) is 0.822. The molecule has 0 bridgehead atoms. The fourth-order valence-corrected chi connectivity index (χ4v) is 0.925. The second kappa shape index (κ2) is 4.76. The third kappa shape index (κ3) is 4.41. The summed E-state index contributed by atoms with van der Waals surface area (Å²) in [5.74, 6) is 1.71. The molecule has 0 heterocycles. The second-order valence-electron chi connectivity index (χ2n) is 4.27. The first-order chi connectivity index (χ1) is 4.95. The maximum atomic E-state index is 9.55. The Morgan fingerprint density at radius 1 is 0.909 bits per heavy atom. The van der Waals surface area contributed by atoms with Crippen molar-refractivity contribution < 1.29 is 5.11 Å². The van der Waals surface area contributed by atoms with E-state index < -0.39 is 0 Å². The van der Waals surface area contributed by atoms with Crippen LogP contribution in [0.3, 0.4) is 0 Å². The molecule has 0 aromatic rings. The van der Waals surface area contributed by atoms with Crippen molar-refractivity contribution in [3.8, 4) is 0 Å². The maximum Gasteiger partial charge on any atom is 0.0565 e. The molecule has 0 aromatic carbocycles. The van der Waals surface area contributed by atoms with Crippen LogP contribution in [0, 0.1) is 17.8 Å². The van der Waals surface area contributed by atoms with Crippen molar-refractivity contribution in [1.29, 1.82) is 0 Å². The van der Waals surface area contributed by atoms with Crippen LogP contribution in [0.1, 0.15) is 41.0 Å². The Morgan fingerprint density at radius 3 is 1.64 bits per heavy atom. The zero-order chi connectivity index (χ0) is 9.02. The molecule has 1 N–H and O–H groups in total. The topological polar surface area (TPSA) is 20.2 Å². The lowest BCUT2D eigenvalue weighted by atomic mass is 9.89. The van der Waals surface area contributed by atoms with Crippen molar-refractivity contribution in [2.24, 2.45) is 17.8 Å². The van der Waals surface area contributed by atoms with Gasteiger partial charge in [-0.2, -0.15) is 0 Å². The van der Waals surface area contributed by atoms with Gasteiger partial charge in [0, 0.05) is 0 Å². The largest absolute Gasteiger partial charge is 0.393 e. The maximum absolute atomic E-state index is 9.55. The van der Waals surface area contributed by atoms with Crippen molar-refractivity contribution in [1.82, 2.24) is 0 Å². The van der Waals surface area contributed by atoms with Gasteiger partial charge >= 0.3 is 0 Å². The fraction of sp³-hybridized carbons (Fsp3) is 1.00. The summed E-state index contributed by atoms with van der Waals surface area (Å²) in [4.78, 5) is 0. The number of aliphatic hydroxyl groups is 1. The summed E-state index contributed by atoms with van der Waals surface area (Å²) in [5, 5.41) is 9.55. The molecule has 2 atom stereocenters. The average Bonchev–Trinajstić information content (AvgIpc) is 1.87. The molecule has 68 valence electrons. The Hall–Kier alpha value is -0.0400. The Labute approximate surface area is 70.8 Å². The van der Waals surface area contributed by atoms with Crippen LogP contribution in [0.15, 0.2) is 0 Å². The monoisotopic (exact) mass is 158 g/mol. The summed E-state index contributed by atoms with van der Waals surface area (Å²) in [7, 11) is 0. The molecule has 1 heteroatoms. The van der Waals surface area contributed by atoms with E-state index in [1.54, 1.807) is 0 Å². The van der Waals surface area contributed by atoms with Crippen LogP contribution >= 0.6 is 0 Å². The van der Waals surface area contributed by atoms with Gasteiger partial charge in [0.05, 0.1) is 6.10 Å². The van der Waals surface area contributed by atoms with E-state index in [9.17, 15) is 5.11 Å². The smallest absolute Gasteiger partial charge is 0.0565 e. The normalized spacial score (nSPS) is 17.5. The van der Waals surface area contributed by atoms with Gasteiger partial charge in [0.25, 0.3) is 0 Å². The van der Waals surface area contributed by atoms with Gasteiger partial charge in [0.15, 0.2) is 0 Å². The molecule has 0 unspecified atom stereocenters. The van der Waals surface area contributed by atoms with Crippen LogP contribution in [-0.2, 0) is 0 Å². The van der Waals surface area contributed by atoms with Crippen molar-refractivity contribution in [3.05, 3.63) is 0 Å². The summed E-state index contributed by atoms with van der Waals surface area (Å²) in [5.41, 5.74) is 0. The molecule has 0 amide bonds. The zero-order valence-corrected chi connectivity index (χ0v) is 8.46. The Bertz CT molecular complexity index is 85.0. The quantitative estimate of drug-likeness (QED) is 0.667. The first-order valence-electron chi connectivity index (χ1n) is 4.63. The van der Waals surface area contributed by atoms with E-state index in [1.807, 2.05) is 0 Å². The standard InChI is InChI=1S/C10H22O/c1-7(2)9(5)6-10(11)8(3)4/h7-11H,6H2,1-5H3/t9-,10-/m0/s1. The predicted molar refractivity (Wildman–Crippen MR) is 49.5 cm³/mol. The lowest BCUT2D eigenvalue weighted by molar-refractivity contribution is 0.0914. The van der Waals surface area contributed by atoms with Crippen LogP contribution in [0.4, 0.5) is 0 Å². The van der Waals surface area contributed by atoms with Gasteiger partial charge in [-0.15, -0.1) is 0 Å². The number of rotatable bonds is 4. The molecule has 1 nitrogen and oxygen atoms in total. The highest BCUT2D eigenvalue weighted by Gasteiger charge is 2.15. The van der Waals surface area contributed by atoms with Gasteiger partial charge in [0.2, 0.25) is 0 Å². The molecular formula is C10H22O. The van der Waals surface area contributed by atoms with Gasteiger partial charge in [-0.05, 0) is 24.2 Å². The van der Waals surface area contributed by atoms with Crippen molar-refractivity contribution in [2.45, 2.75) is 47.1 Å². The van der Waals surface area contributed by atoms with E-state index in [-0.39, 0.29) is 6.10 Å². The first-order valence-corrected chi connectivity index (χ1v) is 4.63. The van der Waals surface area contributed by atoms with Gasteiger partial charge in [-0.1, -0.05) is 34.6 Å². The molecule has 0 aliphatic rings. The van der Waals surface area contributed by atoms with Crippen LogP contribution in [0.2, 0.25) is 0 Å². The third-order valence-corrected chi connectivity index (χ3v) is 2.52. The van der Waals surface area contributed by atoms with E-state index in [4.69, 9.17) is 0 Å². The fourth-order valence-electron chi connectivity index (χ4n) is 0.925. The van der Waals surface area contributed by atoms with Crippen LogP contribution in [-0.4, -0.2) is 11.2 Å². The highest BCUT2D eigenvalue weighted by atomic mass is 16.3. The summed E-state index contributed by atoms with van der Waals surface area (Å²) in [6.45, 7) is 10.8. The molecule has 0 aliphatic carbocycles. The summed E-state index contributed by atoms with van der Waals surface area (Å²) < 4.78 is 0. The predicted octanol–water partition coefficient (Wildman–Crippen LogP) is 2.69. The van der Waals surface area contributed by atoms with Gasteiger partial charge < -0.3 is 5.11 Å². The van der Waals surface area contributed by atoms with E-state index >= 15 is 0 Å². The van der Waals surface area contributed by atoms with Crippen molar-refractivity contribution in [3.63, 3.8) is 0 Å². The molecule has 0 aromatic heterocycles. The first kappa shape index (κ1) is 11.0. The number of hydrogen-bond donors (Lipinski definition) is 1. The Balaban J connectivity index is 3.66. The van der Waals surface area contributed by atoms with Crippen LogP contribution < -0.4 is 0 Å². The summed E-state index contributed by atoms with van der Waals surface area (Å²) >= 11 is 0. The molecule has 0 rings (SSSR count).